The van der Waals surface area contributed by atoms with E-state index in [0.717, 1.165) is 24.2 Å². The standard InChI is InChI=1S/C21H30O2/c1-5-6-7-10-15-12-17(22)20-18(13-15)23-21(3,4)16-11-8-9-14(2)19(16)20/h12-14,22H,5-11H2,1-4H3. The first-order chi connectivity index (χ1) is 10.9. The van der Waals surface area contributed by atoms with Crippen molar-refractivity contribution in [3.05, 3.63) is 28.8 Å². The summed E-state index contributed by atoms with van der Waals surface area (Å²) >= 11 is 0. The van der Waals surface area contributed by atoms with Crippen LogP contribution in [0.3, 0.4) is 0 Å². The molecule has 0 fully saturated rings. The zero-order valence-corrected chi connectivity index (χ0v) is 15.0. The molecule has 3 rings (SSSR count). The zero-order valence-electron chi connectivity index (χ0n) is 15.0. The largest absolute Gasteiger partial charge is 0.507 e. The molecule has 1 aliphatic heterocycles. The van der Waals surface area contributed by atoms with E-state index in [0.29, 0.717) is 11.7 Å². The first kappa shape index (κ1) is 16.4. The van der Waals surface area contributed by atoms with E-state index in [-0.39, 0.29) is 5.60 Å². The predicted octanol–water partition coefficient (Wildman–Crippen LogP) is 5.87. The minimum Gasteiger partial charge on any atom is -0.507 e. The Morgan fingerprint density at radius 2 is 2.04 bits per heavy atom. The first-order valence-electron chi connectivity index (χ1n) is 9.23. The van der Waals surface area contributed by atoms with Crippen molar-refractivity contribution in [1.29, 1.82) is 0 Å². The summed E-state index contributed by atoms with van der Waals surface area (Å²) < 4.78 is 6.35. The molecule has 0 spiro atoms. The van der Waals surface area contributed by atoms with Gasteiger partial charge < -0.3 is 9.84 Å². The average Bonchev–Trinajstić information content (AvgIpc) is 2.47. The van der Waals surface area contributed by atoms with E-state index in [1.165, 1.54) is 48.8 Å². The molecular formula is C21H30O2. The number of hydrogen-bond acceptors (Lipinski definition) is 2. The van der Waals surface area contributed by atoms with Crippen LogP contribution in [-0.2, 0) is 6.42 Å². The number of aryl methyl sites for hydroxylation is 1. The van der Waals surface area contributed by atoms with Gasteiger partial charge in [0.1, 0.15) is 17.1 Å². The van der Waals surface area contributed by atoms with Gasteiger partial charge in [-0.05, 0) is 80.7 Å². The lowest BCUT2D eigenvalue weighted by Crippen LogP contribution is -2.37. The Labute approximate surface area is 140 Å². The van der Waals surface area contributed by atoms with E-state index in [1.807, 2.05) is 6.07 Å². The molecule has 23 heavy (non-hydrogen) atoms. The molecule has 0 bridgehead atoms. The van der Waals surface area contributed by atoms with Crippen LogP contribution >= 0.6 is 0 Å². The number of allylic oxidation sites excluding steroid dienone is 1. The molecule has 0 amide bonds. The Hall–Kier alpha value is -1.44. The van der Waals surface area contributed by atoms with Crippen molar-refractivity contribution < 1.29 is 9.84 Å². The summed E-state index contributed by atoms with van der Waals surface area (Å²) in [4.78, 5) is 0. The maximum absolute atomic E-state index is 10.7. The van der Waals surface area contributed by atoms with Crippen LogP contribution in [0.15, 0.2) is 17.7 Å². The van der Waals surface area contributed by atoms with Crippen LogP contribution in [-0.4, -0.2) is 10.7 Å². The highest BCUT2D eigenvalue weighted by atomic mass is 16.5. The summed E-state index contributed by atoms with van der Waals surface area (Å²) in [6, 6.07) is 4.12. The lowest BCUT2D eigenvalue weighted by Gasteiger charge is -2.41. The highest BCUT2D eigenvalue weighted by Crippen LogP contribution is 2.52. The number of phenolic OH excluding ortho intramolecular Hbond substituents is 1. The second kappa shape index (κ2) is 6.22. The minimum absolute atomic E-state index is 0.258. The fourth-order valence-corrected chi connectivity index (χ4v) is 4.25. The third-order valence-electron chi connectivity index (χ3n) is 5.45. The van der Waals surface area contributed by atoms with Crippen LogP contribution < -0.4 is 4.74 Å². The Kier molecular flexibility index (Phi) is 4.44. The molecule has 2 nitrogen and oxygen atoms in total. The Morgan fingerprint density at radius 3 is 2.78 bits per heavy atom. The van der Waals surface area contributed by atoms with Gasteiger partial charge in [-0.2, -0.15) is 0 Å². The van der Waals surface area contributed by atoms with E-state index in [4.69, 9.17) is 4.74 Å². The second-order valence-electron chi connectivity index (χ2n) is 7.74. The minimum atomic E-state index is -0.258. The van der Waals surface area contributed by atoms with Crippen LogP contribution in [0.4, 0.5) is 0 Å². The van der Waals surface area contributed by atoms with Gasteiger partial charge in [0.15, 0.2) is 0 Å². The Bertz CT molecular complexity index is 625. The van der Waals surface area contributed by atoms with Crippen LogP contribution in [0.25, 0.3) is 5.57 Å². The molecule has 1 unspecified atom stereocenters. The third-order valence-corrected chi connectivity index (χ3v) is 5.45. The SMILES string of the molecule is CCCCCc1cc(O)c2c(c1)OC(C)(C)C1=C2C(C)CCC1. The number of benzene rings is 1. The topological polar surface area (TPSA) is 29.5 Å². The lowest BCUT2D eigenvalue weighted by atomic mass is 9.73. The van der Waals surface area contributed by atoms with E-state index < -0.39 is 0 Å². The van der Waals surface area contributed by atoms with Crippen molar-refractivity contribution in [1.82, 2.24) is 0 Å². The highest BCUT2D eigenvalue weighted by molar-refractivity contribution is 5.82. The van der Waals surface area contributed by atoms with Crippen LogP contribution in [0.2, 0.25) is 0 Å². The van der Waals surface area contributed by atoms with Crippen molar-refractivity contribution >= 4 is 5.57 Å². The normalized spacial score (nSPS) is 22.3. The van der Waals surface area contributed by atoms with Gasteiger partial charge in [-0.15, -0.1) is 0 Å². The maximum Gasteiger partial charge on any atom is 0.132 e. The number of hydrogen-bond donors (Lipinski definition) is 1. The average molecular weight is 314 g/mol. The first-order valence-corrected chi connectivity index (χ1v) is 9.23. The van der Waals surface area contributed by atoms with E-state index >= 15 is 0 Å². The van der Waals surface area contributed by atoms with Crippen molar-refractivity contribution in [3.63, 3.8) is 0 Å². The molecule has 1 aliphatic carbocycles. The molecule has 2 aliphatic rings. The molecule has 1 atom stereocenters. The van der Waals surface area contributed by atoms with Crippen molar-refractivity contribution in [3.8, 4) is 11.5 Å². The molecule has 1 N–H and O–H groups in total. The molecular weight excluding hydrogens is 284 g/mol. The summed E-state index contributed by atoms with van der Waals surface area (Å²) in [5, 5.41) is 10.7. The smallest absolute Gasteiger partial charge is 0.132 e. The predicted molar refractivity (Wildman–Crippen MR) is 96.0 cm³/mol. The van der Waals surface area contributed by atoms with Gasteiger partial charge in [0, 0.05) is 0 Å². The summed E-state index contributed by atoms with van der Waals surface area (Å²) in [7, 11) is 0. The Morgan fingerprint density at radius 1 is 1.26 bits per heavy atom. The quantitative estimate of drug-likeness (QED) is 0.704. The van der Waals surface area contributed by atoms with Crippen molar-refractivity contribution in [2.45, 2.75) is 78.2 Å². The molecule has 1 aromatic rings. The number of unbranched alkanes of at least 4 members (excludes halogenated alkanes) is 2. The van der Waals surface area contributed by atoms with Crippen LogP contribution in [0.1, 0.15) is 77.3 Å². The van der Waals surface area contributed by atoms with Gasteiger partial charge in [0.2, 0.25) is 0 Å². The molecule has 1 heterocycles. The van der Waals surface area contributed by atoms with Gasteiger partial charge in [0.05, 0.1) is 5.56 Å². The summed E-state index contributed by atoms with van der Waals surface area (Å²) in [6.07, 6.45) is 8.14. The van der Waals surface area contributed by atoms with Gasteiger partial charge in [-0.1, -0.05) is 26.7 Å². The molecule has 126 valence electrons. The Balaban J connectivity index is 2.04. The highest BCUT2D eigenvalue weighted by Gasteiger charge is 2.39. The molecule has 0 aromatic heterocycles. The van der Waals surface area contributed by atoms with Gasteiger partial charge in [-0.3, -0.25) is 0 Å². The summed E-state index contributed by atoms with van der Waals surface area (Å²) in [6.45, 7) is 8.84. The maximum atomic E-state index is 10.7. The number of phenols is 1. The molecule has 2 heteroatoms. The van der Waals surface area contributed by atoms with Crippen LogP contribution in [0.5, 0.6) is 11.5 Å². The van der Waals surface area contributed by atoms with E-state index in [9.17, 15) is 5.11 Å². The lowest BCUT2D eigenvalue weighted by molar-refractivity contribution is 0.135. The fourth-order valence-electron chi connectivity index (χ4n) is 4.25. The second-order valence-corrected chi connectivity index (χ2v) is 7.74. The summed E-state index contributed by atoms with van der Waals surface area (Å²) in [5.74, 6) is 1.79. The van der Waals surface area contributed by atoms with Crippen molar-refractivity contribution in [2.24, 2.45) is 5.92 Å². The third kappa shape index (κ3) is 3.00. The zero-order chi connectivity index (χ0) is 16.6. The van der Waals surface area contributed by atoms with Gasteiger partial charge >= 0.3 is 0 Å². The van der Waals surface area contributed by atoms with Crippen molar-refractivity contribution in [2.75, 3.05) is 0 Å². The van der Waals surface area contributed by atoms with Gasteiger partial charge in [-0.25, -0.2) is 0 Å². The molecule has 1 aromatic carbocycles. The molecule has 0 radical (unpaired) electrons. The molecule has 0 saturated heterocycles. The molecule has 0 saturated carbocycles. The number of ether oxygens (including phenoxy) is 1. The van der Waals surface area contributed by atoms with E-state index in [2.05, 4.69) is 33.8 Å². The monoisotopic (exact) mass is 314 g/mol. The number of aromatic hydroxyl groups is 1. The van der Waals surface area contributed by atoms with E-state index in [1.54, 1.807) is 0 Å². The summed E-state index contributed by atoms with van der Waals surface area (Å²) in [5.41, 5.74) is 4.63. The number of rotatable bonds is 4. The van der Waals surface area contributed by atoms with Gasteiger partial charge in [0.25, 0.3) is 0 Å². The van der Waals surface area contributed by atoms with Crippen LogP contribution in [0, 0.1) is 5.92 Å². The fraction of sp³-hybridized carbons (Fsp3) is 0.619. The number of fused-ring (bicyclic) bond motifs is 2.